The first-order valence-electron chi connectivity index (χ1n) is 4.14. The summed E-state index contributed by atoms with van der Waals surface area (Å²) in [4.78, 5) is 0. The first-order valence-corrected chi connectivity index (χ1v) is 4.14. The molecule has 2 nitrogen and oxygen atoms in total. The van der Waals surface area contributed by atoms with Crippen molar-refractivity contribution in [3.05, 3.63) is 43.4 Å². The van der Waals surface area contributed by atoms with Crippen LogP contribution in [0, 0.1) is 6.92 Å². The second-order valence-corrected chi connectivity index (χ2v) is 2.74. The normalized spacial score (nSPS) is 9.21. The third-order valence-electron chi connectivity index (χ3n) is 1.67. The lowest BCUT2D eigenvalue weighted by molar-refractivity contribution is 0.467. The van der Waals surface area contributed by atoms with Crippen LogP contribution in [0.1, 0.15) is 5.56 Å². The zero-order chi connectivity index (χ0) is 10.6. The van der Waals surface area contributed by atoms with E-state index in [0.717, 1.165) is 5.56 Å². The Morgan fingerprint density at radius 1 is 1.14 bits per heavy atom. The lowest BCUT2D eigenvalue weighted by atomic mass is 9.92. The van der Waals surface area contributed by atoms with Crippen LogP contribution in [0.4, 0.5) is 0 Å². The van der Waals surface area contributed by atoms with Crippen LogP contribution in [0.15, 0.2) is 37.8 Å². The van der Waals surface area contributed by atoms with Gasteiger partial charge in [0, 0.05) is 0 Å². The summed E-state index contributed by atoms with van der Waals surface area (Å²) in [7, 11) is 5.78. The summed E-state index contributed by atoms with van der Waals surface area (Å²) >= 11 is 0. The fraction of sp³-hybridized carbons (Fsp3) is 0.0909. The quantitative estimate of drug-likeness (QED) is 0.527. The van der Waals surface area contributed by atoms with Gasteiger partial charge in [-0.2, -0.15) is 0 Å². The minimum absolute atomic E-state index is 0.440. The summed E-state index contributed by atoms with van der Waals surface area (Å²) < 4.78 is 10.3. The molecule has 0 amide bonds. The molecule has 2 radical (unpaired) electrons. The van der Waals surface area contributed by atoms with Crippen molar-refractivity contribution in [2.75, 3.05) is 0 Å². The number of rotatable bonds is 4. The van der Waals surface area contributed by atoms with E-state index in [2.05, 4.69) is 13.2 Å². The minimum atomic E-state index is 0.440. The Morgan fingerprint density at radius 2 is 1.57 bits per heavy atom. The molecule has 0 saturated heterocycles. The van der Waals surface area contributed by atoms with Gasteiger partial charge in [-0.3, -0.25) is 0 Å². The van der Waals surface area contributed by atoms with Crippen LogP contribution in [0.25, 0.3) is 0 Å². The highest BCUT2D eigenvalue weighted by molar-refractivity contribution is 6.36. The third kappa shape index (κ3) is 2.19. The lowest BCUT2D eigenvalue weighted by Crippen LogP contribution is -2.10. The molecule has 1 aromatic carbocycles. The molecule has 0 unspecified atom stereocenters. The Balaban J connectivity index is 3.16. The van der Waals surface area contributed by atoms with E-state index in [1.165, 1.54) is 12.5 Å². The Kier molecular flexibility index (Phi) is 3.40. The highest BCUT2D eigenvalue weighted by atomic mass is 16.5. The van der Waals surface area contributed by atoms with Crippen molar-refractivity contribution in [1.82, 2.24) is 0 Å². The molecule has 0 spiro atoms. The summed E-state index contributed by atoms with van der Waals surface area (Å²) in [5.74, 6) is 1.08. The van der Waals surface area contributed by atoms with Crippen molar-refractivity contribution in [2.24, 2.45) is 0 Å². The van der Waals surface area contributed by atoms with Crippen LogP contribution in [-0.2, 0) is 0 Å². The summed E-state index contributed by atoms with van der Waals surface area (Å²) in [5, 5.41) is 0. The molecule has 0 N–H and O–H groups in total. The van der Waals surface area contributed by atoms with Gasteiger partial charge in [0.05, 0.1) is 12.5 Å². The predicted octanol–water partition coefficient (Wildman–Crippen LogP) is 1.83. The van der Waals surface area contributed by atoms with Crippen molar-refractivity contribution < 1.29 is 9.47 Å². The highest BCUT2D eigenvalue weighted by Gasteiger charge is 2.05. The zero-order valence-electron chi connectivity index (χ0n) is 8.12. The average molecular weight is 186 g/mol. The van der Waals surface area contributed by atoms with Crippen LogP contribution in [0.3, 0.4) is 0 Å². The Morgan fingerprint density at radius 3 is 1.93 bits per heavy atom. The van der Waals surface area contributed by atoms with Gasteiger partial charge in [-0.1, -0.05) is 13.2 Å². The van der Waals surface area contributed by atoms with E-state index in [-0.39, 0.29) is 0 Å². The number of hydrogen-bond donors (Lipinski definition) is 0. The van der Waals surface area contributed by atoms with E-state index in [0.29, 0.717) is 17.0 Å². The molecule has 0 atom stereocenters. The van der Waals surface area contributed by atoms with Crippen LogP contribution in [-0.4, -0.2) is 7.85 Å². The molecule has 0 aliphatic heterocycles. The molecule has 70 valence electrons. The van der Waals surface area contributed by atoms with E-state index in [9.17, 15) is 0 Å². The molecular weight excluding hydrogens is 175 g/mol. The molecule has 0 aliphatic rings. The first kappa shape index (κ1) is 10.4. The van der Waals surface area contributed by atoms with Gasteiger partial charge in [0.2, 0.25) is 0 Å². The molecule has 14 heavy (non-hydrogen) atoms. The Bertz CT molecular complexity index is 327. The lowest BCUT2D eigenvalue weighted by Gasteiger charge is -2.11. The van der Waals surface area contributed by atoms with Gasteiger partial charge < -0.3 is 9.47 Å². The predicted molar refractivity (Wildman–Crippen MR) is 58.2 cm³/mol. The molecule has 3 heteroatoms. The van der Waals surface area contributed by atoms with Crippen LogP contribution in [0.5, 0.6) is 11.5 Å². The van der Waals surface area contributed by atoms with Gasteiger partial charge in [0.25, 0.3) is 0 Å². The average Bonchev–Trinajstić information content (AvgIpc) is 2.14. The highest BCUT2D eigenvalue weighted by Crippen LogP contribution is 2.19. The first-order chi connectivity index (χ1) is 6.69. The maximum Gasteiger partial charge on any atom is 0.124 e. The molecule has 0 aliphatic carbocycles. The molecule has 0 saturated carbocycles. The molecule has 0 aromatic heterocycles. The molecular formula is C11H11BO2. The zero-order valence-corrected chi connectivity index (χ0v) is 8.12. The van der Waals surface area contributed by atoms with Gasteiger partial charge in [-0.15, -0.1) is 0 Å². The standard InChI is InChI=1S/C11H11BO2/c1-4-13-9-6-8(3)7-10(11(9)12)14-5-2/h4-7H,1-2H2,3H3. The Labute approximate surface area is 85.3 Å². The van der Waals surface area contributed by atoms with Crippen LogP contribution < -0.4 is 14.9 Å². The SMILES string of the molecule is [B]c1c(OC=C)cc(C)cc1OC=C. The molecule has 1 rings (SSSR count). The summed E-state index contributed by atoms with van der Waals surface area (Å²) in [6.45, 7) is 8.85. The van der Waals surface area contributed by atoms with Gasteiger partial charge in [-0.05, 0) is 30.1 Å². The van der Waals surface area contributed by atoms with Crippen LogP contribution >= 0.6 is 0 Å². The van der Waals surface area contributed by atoms with Gasteiger partial charge in [-0.25, -0.2) is 0 Å². The molecule has 1 aromatic rings. The fourth-order valence-corrected chi connectivity index (χ4v) is 1.11. The van der Waals surface area contributed by atoms with Gasteiger partial charge in [0.1, 0.15) is 19.3 Å². The van der Waals surface area contributed by atoms with E-state index >= 15 is 0 Å². The van der Waals surface area contributed by atoms with E-state index in [4.69, 9.17) is 17.3 Å². The molecule has 0 heterocycles. The van der Waals surface area contributed by atoms with Crippen molar-refractivity contribution >= 4 is 13.3 Å². The second kappa shape index (κ2) is 4.56. The number of hydrogen-bond acceptors (Lipinski definition) is 2. The Hall–Kier alpha value is -1.64. The summed E-state index contributed by atoms with van der Waals surface area (Å²) in [5.41, 5.74) is 1.43. The van der Waals surface area contributed by atoms with E-state index in [1.54, 1.807) is 0 Å². The van der Waals surface area contributed by atoms with Crippen LogP contribution in [0.2, 0.25) is 0 Å². The fourth-order valence-electron chi connectivity index (χ4n) is 1.11. The van der Waals surface area contributed by atoms with Crippen molar-refractivity contribution in [3.63, 3.8) is 0 Å². The summed E-state index contributed by atoms with van der Waals surface area (Å²) in [6, 6.07) is 3.62. The van der Waals surface area contributed by atoms with Crippen molar-refractivity contribution in [1.29, 1.82) is 0 Å². The molecule has 0 fully saturated rings. The maximum absolute atomic E-state index is 5.78. The van der Waals surface area contributed by atoms with Crippen molar-refractivity contribution in [2.45, 2.75) is 6.92 Å². The minimum Gasteiger partial charge on any atom is -0.466 e. The number of benzene rings is 1. The topological polar surface area (TPSA) is 18.5 Å². The summed E-state index contributed by atoms with van der Waals surface area (Å²) in [6.07, 6.45) is 2.64. The third-order valence-corrected chi connectivity index (χ3v) is 1.67. The number of aryl methyl sites for hydroxylation is 1. The van der Waals surface area contributed by atoms with E-state index in [1.807, 2.05) is 19.1 Å². The second-order valence-electron chi connectivity index (χ2n) is 2.74. The smallest absolute Gasteiger partial charge is 0.124 e. The van der Waals surface area contributed by atoms with Gasteiger partial charge in [0.15, 0.2) is 0 Å². The largest absolute Gasteiger partial charge is 0.466 e. The van der Waals surface area contributed by atoms with E-state index < -0.39 is 0 Å². The molecule has 0 bridgehead atoms. The number of ether oxygens (including phenoxy) is 2. The van der Waals surface area contributed by atoms with Crippen molar-refractivity contribution in [3.8, 4) is 11.5 Å². The van der Waals surface area contributed by atoms with Gasteiger partial charge >= 0.3 is 0 Å². The maximum atomic E-state index is 5.78. The monoisotopic (exact) mass is 186 g/mol.